The summed E-state index contributed by atoms with van der Waals surface area (Å²) in [6.45, 7) is 2.04. The van der Waals surface area contributed by atoms with E-state index in [1.807, 2.05) is 19.2 Å². The zero-order chi connectivity index (χ0) is 10.1. The van der Waals surface area contributed by atoms with Gasteiger partial charge in [-0.2, -0.15) is 0 Å². The third-order valence-corrected chi connectivity index (χ3v) is 3.09. The molecule has 0 aliphatic rings. The minimum absolute atomic E-state index is 0.769. The van der Waals surface area contributed by atoms with Crippen LogP contribution in [0.1, 0.15) is 11.1 Å². The first-order valence-corrected chi connectivity index (χ1v) is 5.81. The van der Waals surface area contributed by atoms with Crippen molar-refractivity contribution < 1.29 is 0 Å². The van der Waals surface area contributed by atoms with E-state index in [0.29, 0.717) is 0 Å². The molecule has 0 N–H and O–H groups in total. The van der Waals surface area contributed by atoms with Gasteiger partial charge in [0.25, 0.3) is 0 Å². The molecule has 2 aromatic rings. The van der Waals surface area contributed by atoms with E-state index in [4.69, 9.17) is 11.6 Å². The van der Waals surface area contributed by atoms with Crippen LogP contribution in [0.3, 0.4) is 0 Å². The predicted molar refractivity (Wildman–Crippen MR) is 64.1 cm³/mol. The van der Waals surface area contributed by atoms with E-state index in [-0.39, 0.29) is 0 Å². The molecule has 0 fully saturated rings. The van der Waals surface area contributed by atoms with Crippen molar-refractivity contribution >= 4 is 38.4 Å². The van der Waals surface area contributed by atoms with E-state index in [0.717, 1.165) is 26.8 Å². The Labute approximate surface area is 96.2 Å². The number of hydrogen-bond acceptors (Lipinski definition) is 1. The van der Waals surface area contributed by atoms with Gasteiger partial charge >= 0.3 is 0 Å². The maximum absolute atomic E-state index is 6.07. The number of aryl methyl sites for hydroxylation is 1. The number of nitrogens with zero attached hydrogens (tertiary/aromatic N) is 1. The van der Waals surface area contributed by atoms with Crippen LogP contribution in [-0.2, 0) is 5.33 Å². The largest absolute Gasteiger partial charge is 0.256 e. The zero-order valence-corrected chi connectivity index (χ0v) is 10.1. The Morgan fingerprint density at radius 3 is 2.86 bits per heavy atom. The van der Waals surface area contributed by atoms with E-state index in [9.17, 15) is 0 Å². The molecule has 1 nitrogen and oxygen atoms in total. The summed E-state index contributed by atoms with van der Waals surface area (Å²) in [6.07, 6.45) is 1.85. The molecule has 0 radical (unpaired) electrons. The number of aromatic nitrogens is 1. The lowest BCUT2D eigenvalue weighted by molar-refractivity contribution is 1.32. The Kier molecular flexibility index (Phi) is 2.75. The Morgan fingerprint density at radius 1 is 1.36 bits per heavy atom. The number of pyridine rings is 1. The van der Waals surface area contributed by atoms with Gasteiger partial charge in [-0.25, -0.2) is 0 Å². The Morgan fingerprint density at radius 2 is 2.14 bits per heavy atom. The Bertz CT molecular complexity index is 482. The number of halogens is 2. The second-order valence-electron chi connectivity index (χ2n) is 3.28. The molecule has 1 aromatic heterocycles. The van der Waals surface area contributed by atoms with Gasteiger partial charge in [0.15, 0.2) is 0 Å². The number of hydrogen-bond donors (Lipinski definition) is 0. The van der Waals surface area contributed by atoms with Gasteiger partial charge in [-0.15, -0.1) is 0 Å². The van der Waals surface area contributed by atoms with Crippen LogP contribution in [0.15, 0.2) is 24.4 Å². The molecule has 0 saturated heterocycles. The highest BCUT2D eigenvalue weighted by Gasteiger charge is 2.02. The smallest absolute Gasteiger partial charge is 0.0717 e. The van der Waals surface area contributed by atoms with Crippen molar-refractivity contribution in [2.24, 2.45) is 0 Å². The summed E-state index contributed by atoms with van der Waals surface area (Å²) in [4.78, 5) is 4.32. The third-order valence-electron chi connectivity index (χ3n) is 2.13. The van der Waals surface area contributed by atoms with Crippen LogP contribution in [0, 0.1) is 6.92 Å². The summed E-state index contributed by atoms with van der Waals surface area (Å²) in [6, 6.07) is 6.10. The Hall–Kier alpha value is -0.600. The van der Waals surface area contributed by atoms with Crippen molar-refractivity contribution in [3.63, 3.8) is 0 Å². The molecular formula is C11H9BrClN. The molecule has 0 unspecified atom stereocenters. The lowest BCUT2D eigenvalue weighted by Crippen LogP contribution is -1.85. The number of alkyl halides is 1. The van der Waals surface area contributed by atoms with Crippen LogP contribution in [0.5, 0.6) is 0 Å². The fourth-order valence-corrected chi connectivity index (χ4v) is 2.26. The molecule has 0 amide bonds. The summed E-state index contributed by atoms with van der Waals surface area (Å²) in [5.41, 5.74) is 3.22. The summed E-state index contributed by atoms with van der Waals surface area (Å²) in [7, 11) is 0. The van der Waals surface area contributed by atoms with Crippen LogP contribution in [0.2, 0.25) is 5.02 Å². The number of rotatable bonds is 1. The SMILES string of the molecule is Cc1cnc2cc(Cl)c(CBr)cc2c1. The molecule has 14 heavy (non-hydrogen) atoms. The van der Waals surface area contributed by atoms with Crippen LogP contribution in [0.25, 0.3) is 10.9 Å². The highest BCUT2D eigenvalue weighted by Crippen LogP contribution is 2.24. The molecule has 0 aliphatic heterocycles. The summed E-state index contributed by atoms with van der Waals surface area (Å²) in [5, 5.41) is 2.69. The van der Waals surface area contributed by atoms with E-state index in [1.165, 1.54) is 5.56 Å². The van der Waals surface area contributed by atoms with Gasteiger partial charge in [-0.05, 0) is 36.2 Å². The molecule has 0 aliphatic carbocycles. The standard InChI is InChI=1S/C11H9BrClN/c1-7-2-8-3-9(5-12)10(13)4-11(8)14-6-7/h2-4,6H,5H2,1H3. The van der Waals surface area contributed by atoms with Crippen molar-refractivity contribution in [2.75, 3.05) is 0 Å². The van der Waals surface area contributed by atoms with E-state index >= 15 is 0 Å². The second kappa shape index (κ2) is 3.87. The maximum atomic E-state index is 6.07. The van der Waals surface area contributed by atoms with Gasteiger partial charge < -0.3 is 0 Å². The molecular weight excluding hydrogens is 261 g/mol. The summed E-state index contributed by atoms with van der Waals surface area (Å²) >= 11 is 9.48. The van der Waals surface area contributed by atoms with Crippen molar-refractivity contribution in [3.8, 4) is 0 Å². The van der Waals surface area contributed by atoms with Crippen LogP contribution in [-0.4, -0.2) is 4.98 Å². The first kappa shape index (κ1) is 9.94. The van der Waals surface area contributed by atoms with Gasteiger partial charge in [0.05, 0.1) is 5.52 Å². The maximum Gasteiger partial charge on any atom is 0.0717 e. The lowest BCUT2D eigenvalue weighted by atomic mass is 10.1. The summed E-state index contributed by atoms with van der Waals surface area (Å²) in [5.74, 6) is 0. The van der Waals surface area contributed by atoms with Crippen LogP contribution >= 0.6 is 27.5 Å². The lowest BCUT2D eigenvalue weighted by Gasteiger charge is -2.03. The molecule has 2 rings (SSSR count). The second-order valence-corrected chi connectivity index (χ2v) is 4.25. The van der Waals surface area contributed by atoms with Crippen molar-refractivity contribution in [3.05, 3.63) is 40.5 Å². The van der Waals surface area contributed by atoms with Gasteiger partial charge in [0.1, 0.15) is 0 Å². The Balaban J connectivity index is 2.73. The fourth-order valence-electron chi connectivity index (χ4n) is 1.41. The monoisotopic (exact) mass is 269 g/mol. The van der Waals surface area contributed by atoms with E-state index in [2.05, 4.69) is 33.0 Å². The molecule has 0 bridgehead atoms. The van der Waals surface area contributed by atoms with Crippen LogP contribution < -0.4 is 0 Å². The quantitative estimate of drug-likeness (QED) is 0.711. The average molecular weight is 271 g/mol. The molecule has 0 saturated carbocycles. The fraction of sp³-hybridized carbons (Fsp3) is 0.182. The summed E-state index contributed by atoms with van der Waals surface area (Å²) < 4.78 is 0. The molecule has 1 heterocycles. The van der Waals surface area contributed by atoms with Crippen LogP contribution in [0.4, 0.5) is 0 Å². The minimum Gasteiger partial charge on any atom is -0.256 e. The zero-order valence-electron chi connectivity index (χ0n) is 7.72. The third kappa shape index (κ3) is 1.77. The first-order chi connectivity index (χ1) is 6.70. The normalized spacial score (nSPS) is 10.8. The van der Waals surface area contributed by atoms with Gasteiger partial charge in [-0.1, -0.05) is 27.5 Å². The van der Waals surface area contributed by atoms with Crippen molar-refractivity contribution in [2.45, 2.75) is 12.3 Å². The highest BCUT2D eigenvalue weighted by atomic mass is 79.9. The predicted octanol–water partition coefficient (Wildman–Crippen LogP) is 4.09. The highest BCUT2D eigenvalue weighted by molar-refractivity contribution is 9.08. The van der Waals surface area contributed by atoms with Crippen molar-refractivity contribution in [1.82, 2.24) is 4.98 Å². The van der Waals surface area contributed by atoms with Gasteiger partial charge in [-0.3, -0.25) is 4.98 Å². The van der Waals surface area contributed by atoms with Gasteiger partial charge in [0, 0.05) is 21.9 Å². The average Bonchev–Trinajstić information content (AvgIpc) is 2.17. The molecule has 0 spiro atoms. The van der Waals surface area contributed by atoms with Gasteiger partial charge in [0.2, 0.25) is 0 Å². The number of benzene rings is 1. The molecule has 0 atom stereocenters. The molecule has 1 aromatic carbocycles. The van der Waals surface area contributed by atoms with E-state index < -0.39 is 0 Å². The topological polar surface area (TPSA) is 12.9 Å². The molecule has 3 heteroatoms. The van der Waals surface area contributed by atoms with Crippen molar-refractivity contribution in [1.29, 1.82) is 0 Å². The minimum atomic E-state index is 0.769. The first-order valence-electron chi connectivity index (χ1n) is 4.31. The van der Waals surface area contributed by atoms with E-state index in [1.54, 1.807) is 0 Å². The molecule has 72 valence electrons. The number of fused-ring (bicyclic) bond motifs is 1.